The highest BCUT2D eigenvalue weighted by atomic mass is 31.1. The van der Waals surface area contributed by atoms with E-state index in [9.17, 15) is 5.26 Å². The molecule has 0 aliphatic rings. The molecular weight excluding hydrogens is 441 g/mol. The lowest BCUT2D eigenvalue weighted by Crippen LogP contribution is -2.22. The SMILES string of the molecule is N#Cc1ccc2ccccc2c1-c1c(P(c2ccccc2)c2ccccc2)ccc2ccccc12. The van der Waals surface area contributed by atoms with Crippen molar-refractivity contribution >= 4 is 45.4 Å². The third-order valence-electron chi connectivity index (χ3n) is 6.48. The van der Waals surface area contributed by atoms with Crippen LogP contribution in [0.3, 0.4) is 0 Å². The number of fused-ring (bicyclic) bond motifs is 2. The third kappa shape index (κ3) is 3.79. The molecule has 0 bridgehead atoms. The van der Waals surface area contributed by atoms with Gasteiger partial charge in [-0.3, -0.25) is 0 Å². The second-order valence-corrected chi connectivity index (χ2v) is 10.7. The topological polar surface area (TPSA) is 23.8 Å². The van der Waals surface area contributed by atoms with Crippen LogP contribution in [0.4, 0.5) is 0 Å². The normalized spacial score (nSPS) is 11.1. The lowest BCUT2D eigenvalue weighted by atomic mass is 9.90. The van der Waals surface area contributed by atoms with E-state index < -0.39 is 7.92 Å². The summed E-state index contributed by atoms with van der Waals surface area (Å²) in [5, 5.41) is 18.7. The van der Waals surface area contributed by atoms with Crippen molar-refractivity contribution in [2.24, 2.45) is 0 Å². The van der Waals surface area contributed by atoms with Crippen LogP contribution in [-0.4, -0.2) is 0 Å². The summed E-state index contributed by atoms with van der Waals surface area (Å²) in [4.78, 5) is 0. The Morgan fingerprint density at radius 3 is 1.51 bits per heavy atom. The van der Waals surface area contributed by atoms with Gasteiger partial charge in [-0.05, 0) is 57.0 Å². The summed E-state index contributed by atoms with van der Waals surface area (Å²) < 4.78 is 0. The van der Waals surface area contributed by atoms with Gasteiger partial charge in [0.2, 0.25) is 0 Å². The van der Waals surface area contributed by atoms with E-state index in [-0.39, 0.29) is 0 Å². The molecule has 6 rings (SSSR count). The van der Waals surface area contributed by atoms with Gasteiger partial charge in [-0.2, -0.15) is 5.26 Å². The van der Waals surface area contributed by atoms with Crippen LogP contribution >= 0.6 is 7.92 Å². The van der Waals surface area contributed by atoms with E-state index in [2.05, 4.69) is 133 Å². The van der Waals surface area contributed by atoms with E-state index in [0.717, 1.165) is 21.9 Å². The van der Waals surface area contributed by atoms with Crippen molar-refractivity contribution in [3.05, 3.63) is 139 Å². The Morgan fingerprint density at radius 2 is 0.943 bits per heavy atom. The van der Waals surface area contributed by atoms with Crippen LogP contribution in [0.1, 0.15) is 5.56 Å². The maximum atomic E-state index is 10.2. The molecule has 0 fully saturated rings. The van der Waals surface area contributed by atoms with Gasteiger partial charge >= 0.3 is 0 Å². The van der Waals surface area contributed by atoms with Crippen LogP contribution in [0.2, 0.25) is 0 Å². The molecule has 0 saturated carbocycles. The molecule has 6 aromatic carbocycles. The van der Waals surface area contributed by atoms with Crippen molar-refractivity contribution in [3.63, 3.8) is 0 Å². The van der Waals surface area contributed by atoms with Crippen molar-refractivity contribution < 1.29 is 0 Å². The Labute approximate surface area is 206 Å². The second-order valence-electron chi connectivity index (χ2n) is 8.51. The van der Waals surface area contributed by atoms with Crippen LogP contribution in [-0.2, 0) is 0 Å². The summed E-state index contributed by atoms with van der Waals surface area (Å²) in [6, 6.07) is 49.5. The zero-order chi connectivity index (χ0) is 23.6. The minimum Gasteiger partial charge on any atom is -0.192 e. The van der Waals surface area contributed by atoms with Gasteiger partial charge in [0.1, 0.15) is 0 Å². The van der Waals surface area contributed by atoms with Crippen LogP contribution in [0.15, 0.2) is 133 Å². The summed E-state index contributed by atoms with van der Waals surface area (Å²) in [7, 11) is -0.846. The summed E-state index contributed by atoms with van der Waals surface area (Å²) in [5.74, 6) is 0. The first-order valence-electron chi connectivity index (χ1n) is 11.7. The van der Waals surface area contributed by atoms with Crippen molar-refractivity contribution in [2.75, 3.05) is 0 Å². The van der Waals surface area contributed by atoms with Gasteiger partial charge in [-0.1, -0.05) is 127 Å². The number of rotatable bonds is 4. The highest BCUT2D eigenvalue weighted by molar-refractivity contribution is 7.80. The largest absolute Gasteiger partial charge is 0.192 e. The van der Waals surface area contributed by atoms with E-state index >= 15 is 0 Å². The van der Waals surface area contributed by atoms with Gasteiger partial charge in [0, 0.05) is 5.56 Å². The Bertz CT molecular complexity index is 1660. The van der Waals surface area contributed by atoms with E-state index in [1.807, 2.05) is 6.07 Å². The van der Waals surface area contributed by atoms with Gasteiger partial charge in [0.05, 0.1) is 11.6 Å². The second kappa shape index (κ2) is 9.19. The standard InChI is InChI=1S/C33H22NP/c34-23-26-20-19-24-11-7-9-17-29(24)32(26)33-30-18-10-8-12-25(30)21-22-31(33)35(27-13-3-1-4-14-27)28-15-5-2-6-16-28/h1-22H. The van der Waals surface area contributed by atoms with Crippen molar-refractivity contribution in [2.45, 2.75) is 0 Å². The van der Waals surface area contributed by atoms with Crippen molar-refractivity contribution in [3.8, 4) is 17.2 Å². The molecule has 0 aliphatic carbocycles. The molecule has 0 saturated heterocycles. The summed E-state index contributed by atoms with van der Waals surface area (Å²) in [6.07, 6.45) is 0. The number of nitrogens with zero attached hydrogens (tertiary/aromatic N) is 1. The Morgan fingerprint density at radius 1 is 0.457 bits per heavy atom. The minimum absolute atomic E-state index is 0.706. The van der Waals surface area contributed by atoms with Crippen LogP contribution in [0, 0.1) is 11.3 Å². The van der Waals surface area contributed by atoms with Gasteiger partial charge in [0.25, 0.3) is 0 Å². The fraction of sp³-hybridized carbons (Fsp3) is 0. The van der Waals surface area contributed by atoms with Crippen LogP contribution in [0.5, 0.6) is 0 Å². The lowest BCUT2D eigenvalue weighted by molar-refractivity contribution is 1.49. The van der Waals surface area contributed by atoms with Crippen molar-refractivity contribution in [1.82, 2.24) is 0 Å². The quantitative estimate of drug-likeness (QED) is 0.252. The average molecular weight is 464 g/mol. The highest BCUT2D eigenvalue weighted by Gasteiger charge is 2.24. The first-order valence-corrected chi connectivity index (χ1v) is 13.0. The van der Waals surface area contributed by atoms with Gasteiger partial charge in [0.15, 0.2) is 0 Å². The molecule has 0 radical (unpaired) electrons. The van der Waals surface area contributed by atoms with E-state index in [1.54, 1.807) is 0 Å². The molecular formula is C33H22NP. The number of hydrogen-bond donors (Lipinski definition) is 0. The molecule has 2 heteroatoms. The fourth-order valence-electron chi connectivity index (χ4n) is 4.92. The number of nitriles is 1. The molecule has 0 atom stereocenters. The van der Waals surface area contributed by atoms with Gasteiger partial charge < -0.3 is 0 Å². The van der Waals surface area contributed by atoms with Crippen LogP contribution < -0.4 is 15.9 Å². The molecule has 0 amide bonds. The zero-order valence-corrected chi connectivity index (χ0v) is 20.0. The molecule has 0 unspecified atom stereocenters. The fourth-order valence-corrected chi connectivity index (χ4v) is 7.40. The molecule has 6 aromatic rings. The molecule has 0 N–H and O–H groups in total. The monoisotopic (exact) mass is 463 g/mol. The van der Waals surface area contributed by atoms with E-state index in [4.69, 9.17) is 0 Å². The highest BCUT2D eigenvalue weighted by Crippen LogP contribution is 2.43. The van der Waals surface area contributed by atoms with E-state index in [0.29, 0.717) is 5.56 Å². The Balaban J connectivity index is 1.78. The van der Waals surface area contributed by atoms with E-state index in [1.165, 1.54) is 26.7 Å². The first-order chi connectivity index (χ1) is 17.3. The molecule has 0 aromatic heterocycles. The number of benzene rings is 6. The smallest absolute Gasteiger partial charge is 0.0998 e. The summed E-state index contributed by atoms with van der Waals surface area (Å²) in [5.41, 5.74) is 2.89. The molecule has 1 nitrogen and oxygen atoms in total. The summed E-state index contributed by atoms with van der Waals surface area (Å²) >= 11 is 0. The van der Waals surface area contributed by atoms with Crippen molar-refractivity contribution in [1.29, 1.82) is 5.26 Å². The summed E-state index contributed by atoms with van der Waals surface area (Å²) in [6.45, 7) is 0. The van der Waals surface area contributed by atoms with Crippen LogP contribution in [0.25, 0.3) is 32.7 Å². The third-order valence-corrected chi connectivity index (χ3v) is 8.96. The maximum Gasteiger partial charge on any atom is 0.0998 e. The molecule has 0 spiro atoms. The minimum atomic E-state index is -0.846. The average Bonchev–Trinajstić information content (AvgIpc) is 2.94. The molecule has 0 aliphatic heterocycles. The van der Waals surface area contributed by atoms with Gasteiger partial charge in [-0.25, -0.2) is 0 Å². The first kappa shape index (κ1) is 21.3. The number of hydrogen-bond acceptors (Lipinski definition) is 1. The zero-order valence-electron chi connectivity index (χ0n) is 19.1. The molecule has 35 heavy (non-hydrogen) atoms. The predicted octanol–water partition coefficient (Wildman–Crippen LogP) is 7.29. The molecule has 0 heterocycles. The Kier molecular flexibility index (Phi) is 5.59. The predicted molar refractivity (Wildman–Crippen MR) is 150 cm³/mol. The molecule has 164 valence electrons. The Hall–Kier alpha value is -4.24. The van der Waals surface area contributed by atoms with Gasteiger partial charge in [-0.15, -0.1) is 0 Å². The lowest BCUT2D eigenvalue weighted by Gasteiger charge is -2.25. The maximum absolute atomic E-state index is 10.2.